The SMILES string of the molecule is CC(C)CN(C(=O)c1ccc2ccccc2c1)[C@@H]1CCS(=O)(=O)C1. The molecule has 2 aromatic carbocycles. The molecule has 0 bridgehead atoms. The number of fused-ring (bicyclic) bond motifs is 1. The Morgan fingerprint density at radius 3 is 2.50 bits per heavy atom. The smallest absolute Gasteiger partial charge is 0.254 e. The molecule has 128 valence electrons. The Hall–Kier alpha value is -1.88. The summed E-state index contributed by atoms with van der Waals surface area (Å²) in [6.07, 6.45) is 0.536. The van der Waals surface area contributed by atoms with Crippen molar-refractivity contribution in [3.05, 3.63) is 48.0 Å². The van der Waals surface area contributed by atoms with Gasteiger partial charge in [-0.15, -0.1) is 0 Å². The van der Waals surface area contributed by atoms with Gasteiger partial charge < -0.3 is 4.90 Å². The van der Waals surface area contributed by atoms with Gasteiger partial charge in [-0.25, -0.2) is 8.42 Å². The second kappa shape index (κ2) is 6.55. The predicted molar refractivity (Wildman–Crippen MR) is 96.9 cm³/mol. The molecular weight excluding hydrogens is 322 g/mol. The highest BCUT2D eigenvalue weighted by atomic mass is 32.2. The van der Waals surface area contributed by atoms with Crippen LogP contribution in [-0.2, 0) is 9.84 Å². The largest absolute Gasteiger partial charge is 0.334 e. The predicted octanol–water partition coefficient (Wildman–Crippen LogP) is 3.13. The molecule has 1 aliphatic rings. The Balaban J connectivity index is 1.92. The van der Waals surface area contributed by atoms with Gasteiger partial charge in [-0.1, -0.05) is 44.2 Å². The first-order chi connectivity index (χ1) is 11.4. The summed E-state index contributed by atoms with van der Waals surface area (Å²) in [6, 6.07) is 13.4. The quantitative estimate of drug-likeness (QED) is 0.855. The maximum Gasteiger partial charge on any atom is 0.254 e. The van der Waals surface area contributed by atoms with E-state index < -0.39 is 9.84 Å². The molecule has 0 aliphatic carbocycles. The summed E-state index contributed by atoms with van der Waals surface area (Å²) in [5.41, 5.74) is 0.624. The van der Waals surface area contributed by atoms with E-state index in [1.165, 1.54) is 0 Å². The molecule has 1 amide bonds. The third-order valence-electron chi connectivity index (χ3n) is 4.47. The van der Waals surface area contributed by atoms with Crippen LogP contribution in [0.3, 0.4) is 0 Å². The highest BCUT2D eigenvalue weighted by Crippen LogP contribution is 2.23. The Labute approximate surface area is 143 Å². The molecule has 1 fully saturated rings. The monoisotopic (exact) mass is 345 g/mol. The van der Waals surface area contributed by atoms with E-state index >= 15 is 0 Å². The lowest BCUT2D eigenvalue weighted by atomic mass is 10.0. The second-order valence-corrected chi connectivity index (χ2v) is 9.20. The van der Waals surface area contributed by atoms with E-state index in [-0.39, 0.29) is 29.4 Å². The van der Waals surface area contributed by atoms with Gasteiger partial charge >= 0.3 is 0 Å². The van der Waals surface area contributed by atoms with Crippen molar-refractivity contribution in [2.45, 2.75) is 26.3 Å². The summed E-state index contributed by atoms with van der Waals surface area (Å²) >= 11 is 0. The Morgan fingerprint density at radius 1 is 1.17 bits per heavy atom. The third kappa shape index (κ3) is 3.61. The van der Waals surface area contributed by atoms with Crippen molar-refractivity contribution >= 4 is 26.5 Å². The number of amides is 1. The van der Waals surface area contributed by atoms with E-state index in [0.717, 1.165) is 10.8 Å². The summed E-state index contributed by atoms with van der Waals surface area (Å²) in [6.45, 7) is 4.67. The third-order valence-corrected chi connectivity index (χ3v) is 6.22. The summed E-state index contributed by atoms with van der Waals surface area (Å²) in [5.74, 6) is 0.477. The van der Waals surface area contributed by atoms with Gasteiger partial charge in [0.15, 0.2) is 9.84 Å². The van der Waals surface area contributed by atoms with Crippen LogP contribution in [0.5, 0.6) is 0 Å². The van der Waals surface area contributed by atoms with Crippen molar-refractivity contribution in [2.75, 3.05) is 18.1 Å². The van der Waals surface area contributed by atoms with Gasteiger partial charge in [0.2, 0.25) is 0 Å². The number of rotatable bonds is 4. The van der Waals surface area contributed by atoms with Gasteiger partial charge in [-0.05, 0) is 35.2 Å². The summed E-state index contributed by atoms with van der Waals surface area (Å²) in [7, 11) is -3.02. The van der Waals surface area contributed by atoms with E-state index in [1.54, 1.807) is 4.90 Å². The van der Waals surface area contributed by atoms with E-state index in [0.29, 0.717) is 18.5 Å². The molecule has 4 nitrogen and oxygen atoms in total. The van der Waals surface area contributed by atoms with Crippen LogP contribution in [-0.4, -0.2) is 43.3 Å². The van der Waals surface area contributed by atoms with Crippen LogP contribution in [0.25, 0.3) is 10.8 Å². The van der Waals surface area contributed by atoms with Gasteiger partial charge in [-0.2, -0.15) is 0 Å². The molecule has 1 aliphatic heterocycles. The minimum Gasteiger partial charge on any atom is -0.334 e. The zero-order chi connectivity index (χ0) is 17.3. The lowest BCUT2D eigenvalue weighted by molar-refractivity contribution is 0.0672. The molecule has 1 atom stereocenters. The van der Waals surface area contributed by atoms with Gasteiger partial charge in [0.1, 0.15) is 0 Å². The molecule has 0 spiro atoms. The van der Waals surface area contributed by atoms with Gasteiger partial charge in [0.25, 0.3) is 5.91 Å². The number of hydrogen-bond donors (Lipinski definition) is 0. The van der Waals surface area contributed by atoms with E-state index in [4.69, 9.17) is 0 Å². The topological polar surface area (TPSA) is 54.5 Å². The van der Waals surface area contributed by atoms with E-state index in [1.807, 2.05) is 56.3 Å². The zero-order valence-electron chi connectivity index (χ0n) is 14.1. The molecule has 0 radical (unpaired) electrons. The molecule has 2 aromatic rings. The summed E-state index contributed by atoms with van der Waals surface area (Å²) in [4.78, 5) is 14.8. The molecule has 0 aromatic heterocycles. The molecule has 0 unspecified atom stereocenters. The minimum absolute atomic E-state index is 0.0726. The van der Waals surface area contributed by atoms with E-state index in [2.05, 4.69) is 0 Å². The highest BCUT2D eigenvalue weighted by molar-refractivity contribution is 7.91. The average molecular weight is 345 g/mol. The van der Waals surface area contributed by atoms with Gasteiger partial charge in [0.05, 0.1) is 11.5 Å². The summed E-state index contributed by atoms with van der Waals surface area (Å²) < 4.78 is 23.7. The first-order valence-corrected chi connectivity index (χ1v) is 10.2. The number of carbonyl (C=O) groups excluding carboxylic acids is 1. The molecule has 5 heteroatoms. The standard InChI is InChI=1S/C19H23NO3S/c1-14(2)12-20(18-9-10-24(22,23)13-18)19(21)17-8-7-15-5-3-4-6-16(15)11-17/h3-8,11,14,18H,9-10,12-13H2,1-2H3/t18-/m1/s1. The van der Waals surface area contributed by atoms with Crippen molar-refractivity contribution in [2.24, 2.45) is 5.92 Å². The Morgan fingerprint density at radius 2 is 1.88 bits per heavy atom. The van der Waals surface area contributed by atoms with Crippen LogP contribution in [0.1, 0.15) is 30.6 Å². The number of sulfone groups is 1. The fourth-order valence-corrected chi connectivity index (χ4v) is 5.03. The zero-order valence-corrected chi connectivity index (χ0v) is 14.9. The van der Waals surface area contributed by atoms with Crippen molar-refractivity contribution in [3.8, 4) is 0 Å². The molecular formula is C19H23NO3S. The average Bonchev–Trinajstić information content (AvgIpc) is 2.91. The van der Waals surface area contributed by atoms with Crippen LogP contribution in [0.2, 0.25) is 0 Å². The minimum atomic E-state index is -3.02. The maximum absolute atomic E-state index is 13.1. The van der Waals surface area contributed by atoms with Gasteiger partial charge in [-0.3, -0.25) is 4.79 Å². The lowest BCUT2D eigenvalue weighted by Gasteiger charge is -2.30. The Kier molecular flexibility index (Phi) is 4.63. The van der Waals surface area contributed by atoms with Crippen LogP contribution in [0, 0.1) is 5.92 Å². The molecule has 1 heterocycles. The molecule has 0 saturated carbocycles. The molecule has 3 rings (SSSR count). The normalized spacial score (nSPS) is 19.7. The van der Waals surface area contributed by atoms with Crippen LogP contribution in [0.4, 0.5) is 0 Å². The molecule has 0 N–H and O–H groups in total. The molecule has 1 saturated heterocycles. The number of carbonyl (C=O) groups is 1. The van der Waals surface area contributed by atoms with Crippen molar-refractivity contribution in [1.82, 2.24) is 4.90 Å². The molecule has 24 heavy (non-hydrogen) atoms. The number of hydrogen-bond acceptors (Lipinski definition) is 3. The van der Waals surface area contributed by atoms with Crippen molar-refractivity contribution in [1.29, 1.82) is 0 Å². The highest BCUT2D eigenvalue weighted by Gasteiger charge is 2.35. The van der Waals surface area contributed by atoms with Crippen molar-refractivity contribution < 1.29 is 13.2 Å². The fourth-order valence-electron chi connectivity index (χ4n) is 3.30. The number of nitrogens with zero attached hydrogens (tertiary/aromatic N) is 1. The first-order valence-electron chi connectivity index (χ1n) is 8.36. The second-order valence-electron chi connectivity index (χ2n) is 6.97. The van der Waals surface area contributed by atoms with Crippen LogP contribution >= 0.6 is 0 Å². The Bertz CT molecular complexity index is 858. The fraction of sp³-hybridized carbons (Fsp3) is 0.421. The van der Waals surface area contributed by atoms with Gasteiger partial charge in [0, 0.05) is 18.2 Å². The number of benzene rings is 2. The summed E-state index contributed by atoms with van der Waals surface area (Å²) in [5, 5.41) is 2.11. The lowest BCUT2D eigenvalue weighted by Crippen LogP contribution is -2.43. The van der Waals surface area contributed by atoms with E-state index in [9.17, 15) is 13.2 Å². The first kappa shape index (κ1) is 17.0. The maximum atomic E-state index is 13.1. The van der Waals surface area contributed by atoms with Crippen LogP contribution < -0.4 is 0 Å². The van der Waals surface area contributed by atoms with Crippen molar-refractivity contribution in [3.63, 3.8) is 0 Å². The van der Waals surface area contributed by atoms with Crippen LogP contribution in [0.15, 0.2) is 42.5 Å².